The van der Waals surface area contributed by atoms with E-state index in [0.717, 1.165) is 5.69 Å². The summed E-state index contributed by atoms with van der Waals surface area (Å²) in [7, 11) is 0. The van der Waals surface area contributed by atoms with E-state index in [1.54, 1.807) is 5.51 Å². The van der Waals surface area contributed by atoms with Gasteiger partial charge in [-0.15, -0.1) is 11.3 Å². The second-order valence-corrected chi connectivity index (χ2v) is 4.90. The normalized spacial score (nSPS) is 10.1. The Morgan fingerprint density at radius 2 is 2.10 bits per heavy atom. The summed E-state index contributed by atoms with van der Waals surface area (Å²) in [6.07, 6.45) is 2.07. The van der Waals surface area contributed by atoms with Crippen LogP contribution in [0.1, 0.15) is 21.7 Å². The zero-order valence-electron chi connectivity index (χ0n) is 11.1. The quantitative estimate of drug-likeness (QED) is 0.745. The van der Waals surface area contributed by atoms with Crippen molar-refractivity contribution in [2.45, 2.75) is 13.0 Å². The Labute approximate surface area is 125 Å². The molecule has 0 aliphatic carbocycles. The van der Waals surface area contributed by atoms with Gasteiger partial charge < -0.3 is 15.7 Å². The Kier molecular flexibility index (Phi) is 5.22. The summed E-state index contributed by atoms with van der Waals surface area (Å²) >= 11 is 1.51. The van der Waals surface area contributed by atoms with Gasteiger partial charge in [-0.2, -0.15) is 0 Å². The number of hydrogen-bond donors (Lipinski definition) is 3. The number of carboxylic acid groups (broad SMARTS) is 1. The second-order valence-electron chi connectivity index (χ2n) is 4.18. The molecule has 2 heterocycles. The number of carbonyl (C=O) groups is 2. The lowest BCUT2D eigenvalue weighted by molar-refractivity contribution is 0.0696. The van der Waals surface area contributed by atoms with E-state index in [2.05, 4.69) is 20.6 Å². The number of aromatic carboxylic acids is 1. The van der Waals surface area contributed by atoms with Gasteiger partial charge in [0.15, 0.2) is 0 Å². The lowest BCUT2D eigenvalue weighted by Gasteiger charge is -2.07. The molecule has 0 bridgehead atoms. The van der Waals surface area contributed by atoms with Crippen LogP contribution in [-0.4, -0.2) is 33.6 Å². The predicted molar refractivity (Wildman–Crippen MR) is 77.3 cm³/mol. The molecule has 110 valence electrons. The predicted octanol–water partition coefficient (Wildman–Crippen LogP) is 1.28. The summed E-state index contributed by atoms with van der Waals surface area (Å²) in [5.74, 6) is -1.02. The highest BCUT2D eigenvalue weighted by Crippen LogP contribution is 2.02. The Bertz CT molecular complexity index is 616. The molecule has 8 heteroatoms. The first-order valence-corrected chi connectivity index (χ1v) is 7.16. The van der Waals surface area contributed by atoms with Gasteiger partial charge in [0.1, 0.15) is 0 Å². The van der Waals surface area contributed by atoms with Gasteiger partial charge in [-0.05, 0) is 12.1 Å². The standard InChI is InChI=1S/C13H14N4O3S/c18-12(19)9-1-3-14-11(5-9)6-16-13(20)15-4-2-10-7-21-8-17-10/h1,3,5,7-8H,2,4,6H2,(H,18,19)(H2,15,16,20). The largest absolute Gasteiger partial charge is 0.478 e. The average molecular weight is 306 g/mol. The number of nitrogens with zero attached hydrogens (tertiary/aromatic N) is 2. The van der Waals surface area contributed by atoms with Crippen LogP contribution in [-0.2, 0) is 13.0 Å². The molecule has 0 atom stereocenters. The maximum atomic E-state index is 11.6. The molecule has 7 nitrogen and oxygen atoms in total. The van der Waals surface area contributed by atoms with E-state index < -0.39 is 5.97 Å². The fourth-order valence-electron chi connectivity index (χ4n) is 1.61. The first-order valence-electron chi connectivity index (χ1n) is 6.22. The summed E-state index contributed by atoms with van der Waals surface area (Å²) in [6, 6.07) is 2.50. The molecule has 2 aromatic rings. The van der Waals surface area contributed by atoms with Crippen molar-refractivity contribution in [1.82, 2.24) is 20.6 Å². The van der Waals surface area contributed by atoms with Crippen molar-refractivity contribution < 1.29 is 14.7 Å². The Morgan fingerprint density at radius 3 is 2.81 bits per heavy atom. The highest BCUT2D eigenvalue weighted by molar-refractivity contribution is 7.07. The van der Waals surface area contributed by atoms with Crippen LogP contribution in [0.3, 0.4) is 0 Å². The zero-order valence-corrected chi connectivity index (χ0v) is 11.9. The number of urea groups is 1. The smallest absolute Gasteiger partial charge is 0.335 e. The second kappa shape index (κ2) is 7.34. The molecular formula is C13H14N4O3S. The Morgan fingerprint density at radius 1 is 1.24 bits per heavy atom. The molecule has 3 N–H and O–H groups in total. The zero-order chi connectivity index (χ0) is 15.1. The van der Waals surface area contributed by atoms with Gasteiger partial charge in [0.2, 0.25) is 0 Å². The molecule has 0 saturated carbocycles. The van der Waals surface area contributed by atoms with Crippen molar-refractivity contribution in [3.63, 3.8) is 0 Å². The molecule has 0 radical (unpaired) electrons. The third kappa shape index (κ3) is 4.84. The van der Waals surface area contributed by atoms with Gasteiger partial charge in [-0.3, -0.25) is 4.98 Å². The topological polar surface area (TPSA) is 104 Å². The summed E-state index contributed by atoms with van der Waals surface area (Å²) in [5.41, 5.74) is 3.32. The van der Waals surface area contributed by atoms with Crippen LogP contribution in [0.2, 0.25) is 0 Å². The maximum Gasteiger partial charge on any atom is 0.335 e. The van der Waals surface area contributed by atoms with Gasteiger partial charge >= 0.3 is 12.0 Å². The minimum absolute atomic E-state index is 0.144. The lowest BCUT2D eigenvalue weighted by atomic mass is 10.2. The molecular weight excluding hydrogens is 292 g/mol. The third-order valence-electron chi connectivity index (χ3n) is 2.64. The summed E-state index contributed by atoms with van der Waals surface area (Å²) in [5, 5.41) is 16.1. The number of carboxylic acids is 1. The number of thiazole rings is 1. The van der Waals surface area contributed by atoms with E-state index in [0.29, 0.717) is 18.7 Å². The fourth-order valence-corrected chi connectivity index (χ4v) is 2.20. The molecule has 0 fully saturated rings. The summed E-state index contributed by atoms with van der Waals surface area (Å²) in [6.45, 7) is 0.655. The molecule has 0 aromatic carbocycles. The van der Waals surface area contributed by atoms with Gasteiger partial charge in [-0.1, -0.05) is 0 Å². The van der Waals surface area contributed by atoms with Crippen LogP contribution >= 0.6 is 11.3 Å². The minimum Gasteiger partial charge on any atom is -0.478 e. The Balaban J connectivity index is 1.73. The fraction of sp³-hybridized carbons (Fsp3) is 0.231. The third-order valence-corrected chi connectivity index (χ3v) is 3.28. The number of hydrogen-bond acceptors (Lipinski definition) is 5. The van der Waals surface area contributed by atoms with E-state index in [9.17, 15) is 9.59 Å². The first-order chi connectivity index (χ1) is 10.1. The van der Waals surface area contributed by atoms with E-state index in [1.165, 1.54) is 29.7 Å². The van der Waals surface area contributed by atoms with Crippen LogP contribution in [0, 0.1) is 0 Å². The van der Waals surface area contributed by atoms with Crippen molar-refractivity contribution >= 4 is 23.3 Å². The van der Waals surface area contributed by atoms with E-state index in [1.807, 2.05) is 5.38 Å². The molecule has 0 aliphatic rings. The molecule has 0 spiro atoms. The minimum atomic E-state index is -1.02. The number of carbonyl (C=O) groups excluding carboxylic acids is 1. The van der Waals surface area contributed by atoms with Crippen LogP contribution in [0.5, 0.6) is 0 Å². The van der Waals surface area contributed by atoms with Crippen LogP contribution in [0.4, 0.5) is 4.79 Å². The SMILES string of the molecule is O=C(NCCc1cscn1)NCc1cc(C(=O)O)ccn1. The summed E-state index contributed by atoms with van der Waals surface area (Å²) < 4.78 is 0. The molecule has 2 amide bonds. The van der Waals surface area contributed by atoms with E-state index >= 15 is 0 Å². The molecule has 2 aromatic heterocycles. The molecule has 21 heavy (non-hydrogen) atoms. The monoisotopic (exact) mass is 306 g/mol. The molecule has 0 saturated heterocycles. The average Bonchev–Trinajstić information content (AvgIpc) is 2.99. The molecule has 0 unspecified atom stereocenters. The summed E-state index contributed by atoms with van der Waals surface area (Å²) in [4.78, 5) is 30.5. The van der Waals surface area contributed by atoms with Crippen molar-refractivity contribution in [2.24, 2.45) is 0 Å². The Hall–Kier alpha value is -2.48. The lowest BCUT2D eigenvalue weighted by Crippen LogP contribution is -2.36. The van der Waals surface area contributed by atoms with Crippen LogP contribution in [0.25, 0.3) is 0 Å². The number of rotatable bonds is 6. The number of aromatic nitrogens is 2. The molecule has 0 aliphatic heterocycles. The van der Waals surface area contributed by atoms with E-state index in [-0.39, 0.29) is 18.1 Å². The van der Waals surface area contributed by atoms with Crippen molar-refractivity contribution in [1.29, 1.82) is 0 Å². The highest BCUT2D eigenvalue weighted by Gasteiger charge is 2.06. The highest BCUT2D eigenvalue weighted by atomic mass is 32.1. The van der Waals surface area contributed by atoms with Crippen molar-refractivity contribution in [2.75, 3.05) is 6.54 Å². The van der Waals surface area contributed by atoms with Crippen LogP contribution < -0.4 is 10.6 Å². The molecule has 2 rings (SSSR count). The van der Waals surface area contributed by atoms with Gasteiger partial charge in [0, 0.05) is 24.5 Å². The van der Waals surface area contributed by atoms with Gasteiger partial charge in [0.05, 0.1) is 29.0 Å². The number of amides is 2. The van der Waals surface area contributed by atoms with Gasteiger partial charge in [-0.25, -0.2) is 14.6 Å². The number of nitrogens with one attached hydrogen (secondary N) is 2. The first kappa shape index (κ1) is 14.9. The number of pyridine rings is 1. The van der Waals surface area contributed by atoms with Crippen molar-refractivity contribution in [3.05, 3.63) is 46.2 Å². The van der Waals surface area contributed by atoms with E-state index in [4.69, 9.17) is 5.11 Å². The van der Waals surface area contributed by atoms with Crippen molar-refractivity contribution in [3.8, 4) is 0 Å². The maximum absolute atomic E-state index is 11.6. The van der Waals surface area contributed by atoms with Crippen LogP contribution in [0.15, 0.2) is 29.2 Å². The van der Waals surface area contributed by atoms with Gasteiger partial charge in [0.25, 0.3) is 0 Å².